The molecule has 2 heterocycles. The number of amides is 2. The summed E-state index contributed by atoms with van der Waals surface area (Å²) in [5, 5.41) is 58.1. The molecule has 2 aromatic carbocycles. The second-order valence-corrected chi connectivity index (χ2v) is 11.2. The number of carboxylic acids is 1. The van der Waals surface area contributed by atoms with Crippen LogP contribution in [0, 0.1) is 0 Å². The Hall–Kier alpha value is -3.21. The summed E-state index contributed by atoms with van der Waals surface area (Å²) in [6, 6.07) is 16.6. The average molecular weight is 662 g/mol. The average Bonchev–Trinajstić information content (AvgIpc) is 3.53. The Balaban J connectivity index is 0.00000600. The molecule has 2 amide bonds. The molecule has 1 aliphatic heterocycles. The molecule has 1 saturated heterocycles. The van der Waals surface area contributed by atoms with E-state index in [0.29, 0.717) is 12.2 Å². The molecule has 0 bridgehead atoms. The molecule has 0 spiro atoms. The molecule has 3 aromatic rings. The number of aliphatic hydroxyl groups excluding tert-OH is 3. The Kier molecular flexibility index (Phi) is 14.5. The maximum atomic E-state index is 12.3. The van der Waals surface area contributed by atoms with Gasteiger partial charge in [-0.1, -0.05) is 66.7 Å². The van der Waals surface area contributed by atoms with E-state index in [9.17, 15) is 34.8 Å². The quantitative estimate of drug-likeness (QED) is 0.0808. The van der Waals surface area contributed by atoms with Gasteiger partial charge in [-0.2, -0.15) is 0 Å². The molecule has 14 nitrogen and oxygen atoms in total. The predicted molar refractivity (Wildman–Crippen MR) is 162 cm³/mol. The first-order chi connectivity index (χ1) is 22.0. The molecule has 47 heavy (non-hydrogen) atoms. The summed E-state index contributed by atoms with van der Waals surface area (Å²) < 4.78 is 12.9. The summed E-state index contributed by atoms with van der Waals surface area (Å²) >= 11 is 0. The molecule has 6 atom stereocenters. The van der Waals surface area contributed by atoms with Gasteiger partial charge in [-0.15, -0.1) is 5.10 Å². The van der Waals surface area contributed by atoms with Crippen LogP contribution in [0.1, 0.15) is 39.5 Å². The number of aryl methyl sites for hydroxylation is 1. The number of aromatic nitrogens is 3. The number of nitrogens with one attached hydrogen (secondary N) is 2. The van der Waals surface area contributed by atoms with Gasteiger partial charge in [0, 0.05) is 38.4 Å². The van der Waals surface area contributed by atoms with E-state index in [-0.39, 0.29) is 67.9 Å². The van der Waals surface area contributed by atoms with E-state index in [1.54, 1.807) is 17.8 Å². The molecule has 0 unspecified atom stereocenters. The molecule has 1 aliphatic rings. The molecule has 1 aromatic heterocycles. The van der Waals surface area contributed by atoms with Gasteiger partial charge in [-0.3, -0.25) is 14.3 Å². The molecule has 4 rings (SSSR count). The first kappa shape index (κ1) is 38.2. The van der Waals surface area contributed by atoms with Gasteiger partial charge in [0.25, 0.3) is 0 Å². The number of carbonyl (C=O) groups is 3. The zero-order valence-corrected chi connectivity index (χ0v) is 28.7. The number of rotatable bonds is 15. The molecule has 5 N–H and O–H groups in total. The van der Waals surface area contributed by atoms with Crippen molar-refractivity contribution in [2.45, 2.75) is 82.3 Å². The first-order valence-electron chi connectivity index (χ1n) is 15.2. The number of ether oxygens (including phenoxy) is 2. The molecular weight excluding hydrogens is 621 g/mol. The van der Waals surface area contributed by atoms with Crippen molar-refractivity contribution in [1.82, 2.24) is 25.6 Å². The molecule has 1 fully saturated rings. The van der Waals surface area contributed by atoms with Crippen LogP contribution >= 0.6 is 0 Å². The third-order valence-electron chi connectivity index (χ3n) is 7.76. The van der Waals surface area contributed by atoms with Crippen LogP contribution < -0.4 is 45.3 Å². The van der Waals surface area contributed by atoms with E-state index in [0.717, 1.165) is 16.7 Å². The van der Waals surface area contributed by atoms with Gasteiger partial charge in [0.15, 0.2) is 0 Å². The van der Waals surface area contributed by atoms with Crippen molar-refractivity contribution < 1.29 is 73.8 Å². The van der Waals surface area contributed by atoms with Gasteiger partial charge < -0.3 is 45.3 Å². The monoisotopic (exact) mass is 661 g/mol. The minimum Gasteiger partial charge on any atom is -0.544 e. The van der Waals surface area contributed by atoms with Crippen molar-refractivity contribution in [2.75, 3.05) is 13.2 Å². The number of hydrogen-bond donors (Lipinski definition) is 5. The summed E-state index contributed by atoms with van der Waals surface area (Å²) in [6.45, 7) is 3.00. The maximum Gasteiger partial charge on any atom is 1.00 e. The minimum absolute atomic E-state index is 0. The standard InChI is InChI=1S/C32H41N5O9.Na/c1-3-27(41)33-15-14-25(39)29(42)30-28(34-20(2)38)26(40)18-32(46-30,31(43)44)45-17-7-16-37-19-24(35-36-37)23-12-10-22(11-13-23)21-8-5-4-6-9-21;/h4-6,8-13,19,25-26,28-30,39-40,42H,3,7,14-18H2,1-2H3,(H,33,41)(H,34,38)(H,43,44);/q;+1/p-1/t25-,26+,28-,29-,30-,32-;/m1./s1. The van der Waals surface area contributed by atoms with E-state index in [1.807, 2.05) is 54.6 Å². The Morgan fingerprint density at radius 2 is 1.77 bits per heavy atom. The number of carboxylic acid groups (broad SMARTS) is 1. The summed E-state index contributed by atoms with van der Waals surface area (Å²) in [5.41, 5.74) is 3.69. The van der Waals surface area contributed by atoms with Crippen LogP contribution in [0.3, 0.4) is 0 Å². The van der Waals surface area contributed by atoms with E-state index >= 15 is 0 Å². The molecule has 0 saturated carbocycles. The number of aliphatic carboxylic acids is 1. The number of benzene rings is 2. The van der Waals surface area contributed by atoms with Crippen molar-refractivity contribution in [2.24, 2.45) is 0 Å². The van der Waals surface area contributed by atoms with Crippen molar-refractivity contribution in [3.63, 3.8) is 0 Å². The second-order valence-electron chi connectivity index (χ2n) is 11.2. The largest absolute Gasteiger partial charge is 1.00 e. The minimum atomic E-state index is -2.48. The van der Waals surface area contributed by atoms with Crippen LogP contribution in [0.4, 0.5) is 0 Å². The Morgan fingerprint density at radius 1 is 1.11 bits per heavy atom. The van der Waals surface area contributed by atoms with Crippen LogP contribution in [-0.2, 0) is 30.4 Å². The second kappa shape index (κ2) is 17.8. The van der Waals surface area contributed by atoms with Gasteiger partial charge in [0.1, 0.15) is 23.9 Å². The maximum absolute atomic E-state index is 12.3. The summed E-state index contributed by atoms with van der Waals surface area (Å²) in [5.74, 6) is -5.11. The Labute approximate surface area is 294 Å². The third-order valence-corrected chi connectivity index (χ3v) is 7.76. The summed E-state index contributed by atoms with van der Waals surface area (Å²) in [7, 11) is 0. The van der Waals surface area contributed by atoms with E-state index < -0.39 is 54.5 Å². The third kappa shape index (κ3) is 10.1. The number of hydrogen-bond acceptors (Lipinski definition) is 11. The number of aliphatic hydroxyl groups is 3. The van der Waals surface area contributed by atoms with Gasteiger partial charge in [-0.05, 0) is 24.0 Å². The fourth-order valence-corrected chi connectivity index (χ4v) is 5.28. The zero-order valence-electron chi connectivity index (χ0n) is 26.7. The molecule has 15 heteroatoms. The smallest absolute Gasteiger partial charge is 0.544 e. The zero-order chi connectivity index (χ0) is 33.3. The fourth-order valence-electron chi connectivity index (χ4n) is 5.28. The van der Waals surface area contributed by atoms with Crippen molar-refractivity contribution >= 4 is 17.8 Å². The Bertz CT molecular complexity index is 1460. The number of carbonyl (C=O) groups excluding carboxylic acids is 3. The van der Waals surface area contributed by atoms with Crippen LogP contribution in [0.5, 0.6) is 0 Å². The van der Waals surface area contributed by atoms with Crippen molar-refractivity contribution in [1.29, 1.82) is 0 Å². The van der Waals surface area contributed by atoms with Gasteiger partial charge in [0.2, 0.25) is 17.6 Å². The van der Waals surface area contributed by atoms with Crippen LogP contribution in [0.15, 0.2) is 60.8 Å². The SMILES string of the molecule is CCC(=O)NCC[C@@H](O)[C@@H](O)[C@@H]1O[C@@](OCCCn2cc(-c3ccc(-c4ccccc4)cc3)nn2)(C(=O)[O-])C[C@H](O)[C@H]1NC(C)=O.[Na+]. The topological polar surface area (TPSA) is 208 Å². The van der Waals surface area contributed by atoms with Crippen molar-refractivity contribution in [3.05, 3.63) is 60.8 Å². The van der Waals surface area contributed by atoms with Crippen LogP contribution in [0.25, 0.3) is 22.4 Å². The molecule has 0 radical (unpaired) electrons. The van der Waals surface area contributed by atoms with Gasteiger partial charge in [0.05, 0.1) is 31.1 Å². The predicted octanol–water partition coefficient (Wildman–Crippen LogP) is -3.24. The van der Waals surface area contributed by atoms with Crippen LogP contribution in [-0.4, -0.2) is 97.5 Å². The molecule has 0 aliphatic carbocycles. The van der Waals surface area contributed by atoms with Gasteiger partial charge >= 0.3 is 29.6 Å². The molecular formula is C32H40N5NaO9. The fraction of sp³-hybridized carbons (Fsp3) is 0.469. The van der Waals surface area contributed by atoms with Crippen LogP contribution in [0.2, 0.25) is 0 Å². The summed E-state index contributed by atoms with van der Waals surface area (Å²) in [6.07, 6.45) is -4.85. The van der Waals surface area contributed by atoms with Gasteiger partial charge in [-0.25, -0.2) is 0 Å². The number of nitrogens with zero attached hydrogens (tertiary/aromatic N) is 3. The van der Waals surface area contributed by atoms with E-state index in [1.165, 1.54) is 6.92 Å². The Morgan fingerprint density at radius 3 is 2.40 bits per heavy atom. The first-order valence-corrected chi connectivity index (χ1v) is 15.2. The normalized spacial score (nSPS) is 22.0. The van der Waals surface area contributed by atoms with E-state index in [4.69, 9.17) is 9.47 Å². The van der Waals surface area contributed by atoms with Crippen molar-refractivity contribution in [3.8, 4) is 22.4 Å². The van der Waals surface area contributed by atoms with E-state index in [2.05, 4.69) is 20.9 Å². The molecule has 248 valence electrons. The summed E-state index contributed by atoms with van der Waals surface area (Å²) in [4.78, 5) is 35.7.